The van der Waals surface area contributed by atoms with Gasteiger partial charge >= 0.3 is 0 Å². The lowest BCUT2D eigenvalue weighted by Crippen LogP contribution is -2.22. The van der Waals surface area contributed by atoms with E-state index in [1.54, 1.807) is 13.0 Å². The molecule has 2 nitrogen and oxygen atoms in total. The molecular weight excluding hydrogens is 263 g/mol. The average molecular weight is 286 g/mol. The van der Waals surface area contributed by atoms with Crippen LogP contribution in [0.15, 0.2) is 42.5 Å². The Balaban J connectivity index is 2.42. The fourth-order valence-corrected chi connectivity index (χ4v) is 2.40. The van der Waals surface area contributed by atoms with Crippen LogP contribution < -0.4 is 10.2 Å². The molecule has 0 saturated carbocycles. The first-order valence-corrected chi connectivity index (χ1v) is 7.29. The van der Waals surface area contributed by atoms with Gasteiger partial charge in [0.05, 0.1) is 6.04 Å². The minimum absolute atomic E-state index is 0.00463. The molecule has 2 rings (SSSR count). The second-order valence-electron chi connectivity index (χ2n) is 5.49. The molecule has 0 heterocycles. The smallest absolute Gasteiger partial charge is 0.126 e. The third kappa shape index (κ3) is 3.61. The van der Waals surface area contributed by atoms with Crippen LogP contribution >= 0.6 is 0 Å². The van der Waals surface area contributed by atoms with E-state index in [0.29, 0.717) is 5.56 Å². The second kappa shape index (κ2) is 6.72. The first-order valence-electron chi connectivity index (χ1n) is 7.29. The average Bonchev–Trinajstić information content (AvgIpc) is 2.48. The highest BCUT2D eigenvalue weighted by Crippen LogP contribution is 2.26. The number of nitrogens with one attached hydrogen (secondary N) is 1. The molecule has 2 aromatic carbocycles. The van der Waals surface area contributed by atoms with Crippen molar-refractivity contribution in [2.75, 3.05) is 25.5 Å². The summed E-state index contributed by atoms with van der Waals surface area (Å²) in [6.45, 7) is 4.67. The molecular formula is C18H23FN2. The third-order valence-corrected chi connectivity index (χ3v) is 3.66. The molecule has 0 aliphatic rings. The molecule has 0 spiro atoms. The van der Waals surface area contributed by atoms with E-state index in [-0.39, 0.29) is 11.9 Å². The summed E-state index contributed by atoms with van der Waals surface area (Å²) in [4.78, 5) is 2.07. The van der Waals surface area contributed by atoms with E-state index in [0.717, 1.165) is 23.4 Å². The van der Waals surface area contributed by atoms with Crippen molar-refractivity contribution in [2.45, 2.75) is 19.9 Å². The molecule has 0 radical (unpaired) electrons. The first kappa shape index (κ1) is 15.5. The molecule has 3 heteroatoms. The van der Waals surface area contributed by atoms with Crippen molar-refractivity contribution < 1.29 is 4.39 Å². The van der Waals surface area contributed by atoms with Crippen molar-refractivity contribution in [1.82, 2.24) is 5.32 Å². The Kier molecular flexibility index (Phi) is 4.97. The zero-order chi connectivity index (χ0) is 15.4. The number of hydrogen-bond acceptors (Lipinski definition) is 2. The van der Waals surface area contributed by atoms with Gasteiger partial charge in [0.1, 0.15) is 5.82 Å². The van der Waals surface area contributed by atoms with Crippen molar-refractivity contribution >= 4 is 5.69 Å². The molecule has 1 N–H and O–H groups in total. The van der Waals surface area contributed by atoms with Crippen LogP contribution in [0.5, 0.6) is 0 Å². The van der Waals surface area contributed by atoms with Gasteiger partial charge in [-0.3, -0.25) is 0 Å². The molecule has 21 heavy (non-hydrogen) atoms. The molecule has 1 unspecified atom stereocenters. The number of benzene rings is 2. The van der Waals surface area contributed by atoms with Crippen LogP contribution in [-0.4, -0.2) is 20.6 Å². The highest BCUT2D eigenvalue weighted by atomic mass is 19.1. The van der Waals surface area contributed by atoms with E-state index < -0.39 is 0 Å². The van der Waals surface area contributed by atoms with Gasteiger partial charge in [-0.25, -0.2) is 4.39 Å². The van der Waals surface area contributed by atoms with Crippen molar-refractivity contribution in [3.63, 3.8) is 0 Å². The number of rotatable bonds is 5. The van der Waals surface area contributed by atoms with Crippen molar-refractivity contribution in [3.05, 3.63) is 65.0 Å². The SMILES string of the molecule is CCNC(c1cccc(N(C)C)c1)c1ccc(C)c(F)c1. The molecule has 112 valence electrons. The normalized spacial score (nSPS) is 12.2. The van der Waals surface area contributed by atoms with Gasteiger partial charge in [0.2, 0.25) is 0 Å². The summed E-state index contributed by atoms with van der Waals surface area (Å²) in [5.41, 5.74) is 3.92. The number of halogens is 1. The highest BCUT2D eigenvalue weighted by Gasteiger charge is 2.15. The van der Waals surface area contributed by atoms with Crippen molar-refractivity contribution in [2.24, 2.45) is 0 Å². The van der Waals surface area contributed by atoms with Crippen molar-refractivity contribution in [3.8, 4) is 0 Å². The van der Waals surface area contributed by atoms with Gasteiger partial charge < -0.3 is 10.2 Å². The van der Waals surface area contributed by atoms with Crippen LogP contribution in [0, 0.1) is 12.7 Å². The summed E-state index contributed by atoms with van der Waals surface area (Å²) in [5, 5.41) is 3.44. The van der Waals surface area contributed by atoms with E-state index in [2.05, 4.69) is 35.3 Å². The number of nitrogens with zero attached hydrogens (tertiary/aromatic N) is 1. The van der Waals surface area contributed by atoms with Gasteiger partial charge in [-0.15, -0.1) is 0 Å². The quantitative estimate of drug-likeness (QED) is 0.897. The summed E-state index contributed by atoms with van der Waals surface area (Å²) in [6.07, 6.45) is 0. The molecule has 1 atom stereocenters. The summed E-state index contributed by atoms with van der Waals surface area (Å²) in [6, 6.07) is 13.8. The highest BCUT2D eigenvalue weighted by molar-refractivity contribution is 5.49. The minimum Gasteiger partial charge on any atom is -0.378 e. The summed E-state index contributed by atoms with van der Waals surface area (Å²) < 4.78 is 13.9. The van der Waals surface area contributed by atoms with Gasteiger partial charge in [-0.2, -0.15) is 0 Å². The maximum atomic E-state index is 13.9. The standard InChI is InChI=1S/C18H23FN2/c1-5-20-18(15-10-9-13(2)17(19)12-15)14-7-6-8-16(11-14)21(3)4/h6-12,18,20H,5H2,1-4H3. The monoisotopic (exact) mass is 286 g/mol. The summed E-state index contributed by atoms with van der Waals surface area (Å²) >= 11 is 0. The predicted octanol–water partition coefficient (Wildman–Crippen LogP) is 3.90. The summed E-state index contributed by atoms with van der Waals surface area (Å²) in [5.74, 6) is -0.154. The van der Waals surface area contributed by atoms with E-state index in [4.69, 9.17) is 0 Å². The van der Waals surface area contributed by atoms with Gasteiger partial charge in [0.15, 0.2) is 0 Å². The molecule has 2 aromatic rings. The molecule has 0 amide bonds. The Morgan fingerprint density at radius 2 is 1.81 bits per heavy atom. The lowest BCUT2D eigenvalue weighted by atomic mass is 9.97. The summed E-state index contributed by atoms with van der Waals surface area (Å²) in [7, 11) is 4.04. The Morgan fingerprint density at radius 3 is 2.43 bits per heavy atom. The van der Waals surface area contributed by atoms with Crippen LogP contribution in [0.3, 0.4) is 0 Å². The largest absolute Gasteiger partial charge is 0.378 e. The molecule has 0 aromatic heterocycles. The molecule has 0 aliphatic carbocycles. The Hall–Kier alpha value is -1.87. The van der Waals surface area contributed by atoms with Gasteiger partial charge in [-0.05, 0) is 48.4 Å². The van der Waals surface area contributed by atoms with E-state index in [9.17, 15) is 4.39 Å². The number of aryl methyl sites for hydroxylation is 1. The van der Waals surface area contributed by atoms with E-state index >= 15 is 0 Å². The third-order valence-electron chi connectivity index (χ3n) is 3.66. The second-order valence-corrected chi connectivity index (χ2v) is 5.49. The van der Waals surface area contributed by atoms with Crippen LogP contribution in [0.25, 0.3) is 0 Å². The van der Waals surface area contributed by atoms with E-state index in [1.807, 2.05) is 32.3 Å². The molecule has 0 fully saturated rings. The van der Waals surface area contributed by atoms with Gasteiger partial charge in [-0.1, -0.05) is 31.2 Å². The maximum Gasteiger partial charge on any atom is 0.126 e. The maximum absolute atomic E-state index is 13.9. The molecule has 0 bridgehead atoms. The fraction of sp³-hybridized carbons (Fsp3) is 0.333. The van der Waals surface area contributed by atoms with E-state index in [1.165, 1.54) is 0 Å². The Morgan fingerprint density at radius 1 is 1.10 bits per heavy atom. The number of hydrogen-bond donors (Lipinski definition) is 1. The number of anilines is 1. The topological polar surface area (TPSA) is 15.3 Å². The molecule has 0 saturated heterocycles. The zero-order valence-corrected chi connectivity index (χ0v) is 13.2. The lowest BCUT2D eigenvalue weighted by Gasteiger charge is -2.21. The zero-order valence-electron chi connectivity index (χ0n) is 13.2. The Bertz CT molecular complexity index is 608. The first-order chi connectivity index (χ1) is 10.0. The van der Waals surface area contributed by atoms with Crippen LogP contribution in [-0.2, 0) is 0 Å². The lowest BCUT2D eigenvalue weighted by molar-refractivity contribution is 0.597. The molecule has 0 aliphatic heterocycles. The van der Waals surface area contributed by atoms with Crippen LogP contribution in [0.2, 0.25) is 0 Å². The predicted molar refractivity (Wildman–Crippen MR) is 87.4 cm³/mol. The van der Waals surface area contributed by atoms with Crippen LogP contribution in [0.4, 0.5) is 10.1 Å². The van der Waals surface area contributed by atoms with Gasteiger partial charge in [0.25, 0.3) is 0 Å². The Labute approximate surface area is 126 Å². The minimum atomic E-state index is -0.154. The van der Waals surface area contributed by atoms with Crippen molar-refractivity contribution in [1.29, 1.82) is 0 Å². The fourth-order valence-electron chi connectivity index (χ4n) is 2.40. The van der Waals surface area contributed by atoms with Gasteiger partial charge in [0, 0.05) is 19.8 Å². The van der Waals surface area contributed by atoms with Crippen LogP contribution in [0.1, 0.15) is 29.7 Å².